The normalized spacial score (nSPS) is 22.8. The third kappa shape index (κ3) is 3.37. The van der Waals surface area contributed by atoms with Crippen LogP contribution in [0.15, 0.2) is 10.6 Å². The highest BCUT2D eigenvalue weighted by Crippen LogP contribution is 2.24. The Kier molecular flexibility index (Phi) is 4.42. The summed E-state index contributed by atoms with van der Waals surface area (Å²) in [4.78, 5) is 22.9. The lowest BCUT2D eigenvalue weighted by atomic mass is 9.86. The van der Waals surface area contributed by atoms with Crippen molar-refractivity contribution in [2.24, 2.45) is 5.92 Å². The number of carboxylic acids is 1. The predicted octanol–water partition coefficient (Wildman–Crippen LogP) is 2.17. The average molecular weight is 280 g/mol. The van der Waals surface area contributed by atoms with Crippen LogP contribution in [0.3, 0.4) is 0 Å². The van der Waals surface area contributed by atoms with Crippen LogP contribution in [-0.4, -0.2) is 28.2 Å². The van der Waals surface area contributed by atoms with Crippen LogP contribution < -0.4 is 5.32 Å². The van der Waals surface area contributed by atoms with E-state index in [1.54, 1.807) is 6.07 Å². The van der Waals surface area contributed by atoms with Crippen molar-refractivity contribution in [3.8, 4) is 0 Å². The summed E-state index contributed by atoms with van der Waals surface area (Å²) in [6, 6.07) is 1.68. The van der Waals surface area contributed by atoms with E-state index in [1.807, 2.05) is 13.8 Å². The van der Waals surface area contributed by atoms with Crippen molar-refractivity contribution < 1.29 is 19.2 Å². The third-order valence-corrected chi connectivity index (χ3v) is 3.74. The van der Waals surface area contributed by atoms with Crippen LogP contribution >= 0.6 is 0 Å². The number of carbonyl (C=O) groups excluding carboxylic acids is 1. The lowest BCUT2D eigenvalue weighted by Gasteiger charge is -2.26. The van der Waals surface area contributed by atoms with Crippen LogP contribution in [0.5, 0.6) is 0 Å². The maximum Gasteiger partial charge on any atom is 0.306 e. The Morgan fingerprint density at radius 3 is 2.50 bits per heavy atom. The van der Waals surface area contributed by atoms with Gasteiger partial charge in [0.1, 0.15) is 5.76 Å². The van der Waals surface area contributed by atoms with Crippen molar-refractivity contribution in [2.75, 3.05) is 0 Å². The summed E-state index contributed by atoms with van der Waals surface area (Å²) in [6.07, 6.45) is 2.60. The molecule has 1 fully saturated rings. The van der Waals surface area contributed by atoms with Gasteiger partial charge < -0.3 is 14.9 Å². The second-order valence-electron chi connectivity index (χ2n) is 5.63. The molecule has 0 aliphatic heterocycles. The van der Waals surface area contributed by atoms with Crippen molar-refractivity contribution in [2.45, 2.75) is 51.5 Å². The molecule has 1 amide bonds. The second kappa shape index (κ2) is 6.07. The van der Waals surface area contributed by atoms with Gasteiger partial charge in [0.15, 0.2) is 5.69 Å². The van der Waals surface area contributed by atoms with Crippen LogP contribution in [0.1, 0.15) is 61.7 Å². The molecule has 0 spiro atoms. The molecular formula is C14H20N2O4. The molecule has 1 aliphatic carbocycles. The number of aliphatic carboxylic acids is 1. The highest BCUT2D eigenvalue weighted by atomic mass is 16.5. The first-order chi connectivity index (χ1) is 9.47. The molecule has 0 saturated heterocycles. The van der Waals surface area contributed by atoms with Crippen LogP contribution in [-0.2, 0) is 4.79 Å². The van der Waals surface area contributed by atoms with E-state index < -0.39 is 5.97 Å². The van der Waals surface area contributed by atoms with E-state index in [1.165, 1.54) is 0 Å². The standard InChI is InChI=1S/C14H20N2O4/c1-8(2)12-7-11(16-20-12)13(17)15-10-5-3-9(4-6-10)14(18)19/h7-10H,3-6H2,1-2H3,(H,15,17)(H,18,19). The van der Waals surface area contributed by atoms with Gasteiger partial charge in [-0.25, -0.2) is 0 Å². The molecule has 110 valence electrons. The zero-order valence-electron chi connectivity index (χ0n) is 11.8. The number of aromatic nitrogens is 1. The minimum atomic E-state index is -0.743. The molecule has 1 aromatic rings. The summed E-state index contributed by atoms with van der Waals surface area (Å²) >= 11 is 0. The molecule has 6 nitrogen and oxygen atoms in total. The molecule has 2 rings (SSSR count). The number of carboxylic acid groups (broad SMARTS) is 1. The fourth-order valence-corrected chi connectivity index (χ4v) is 2.41. The van der Waals surface area contributed by atoms with Gasteiger partial charge in [0.25, 0.3) is 5.91 Å². The average Bonchev–Trinajstić information content (AvgIpc) is 2.89. The van der Waals surface area contributed by atoms with Crippen LogP contribution in [0.4, 0.5) is 0 Å². The van der Waals surface area contributed by atoms with E-state index in [9.17, 15) is 9.59 Å². The molecule has 20 heavy (non-hydrogen) atoms. The van der Waals surface area contributed by atoms with E-state index in [4.69, 9.17) is 9.63 Å². The summed E-state index contributed by atoms with van der Waals surface area (Å²) < 4.78 is 5.10. The van der Waals surface area contributed by atoms with Crippen molar-refractivity contribution in [1.29, 1.82) is 0 Å². The van der Waals surface area contributed by atoms with E-state index in [0.717, 1.165) is 0 Å². The first-order valence-electron chi connectivity index (χ1n) is 6.97. The van der Waals surface area contributed by atoms with Crippen molar-refractivity contribution in [1.82, 2.24) is 10.5 Å². The third-order valence-electron chi connectivity index (χ3n) is 3.74. The molecule has 1 heterocycles. The number of nitrogens with zero attached hydrogens (tertiary/aromatic N) is 1. The summed E-state index contributed by atoms with van der Waals surface area (Å²) in [5, 5.41) is 15.6. The molecule has 1 saturated carbocycles. The van der Waals surface area contributed by atoms with Gasteiger partial charge in [-0.2, -0.15) is 0 Å². The Labute approximate surface area is 117 Å². The number of rotatable bonds is 4. The van der Waals surface area contributed by atoms with E-state index in [-0.39, 0.29) is 29.5 Å². The lowest BCUT2D eigenvalue weighted by Crippen LogP contribution is -2.38. The fourth-order valence-electron chi connectivity index (χ4n) is 2.41. The number of hydrogen-bond acceptors (Lipinski definition) is 4. The number of nitrogens with one attached hydrogen (secondary N) is 1. The molecule has 0 aromatic carbocycles. The van der Waals surface area contributed by atoms with E-state index >= 15 is 0 Å². The lowest BCUT2D eigenvalue weighted by molar-refractivity contribution is -0.142. The maximum absolute atomic E-state index is 12.0. The topological polar surface area (TPSA) is 92.4 Å². The Morgan fingerprint density at radius 1 is 1.35 bits per heavy atom. The monoisotopic (exact) mass is 280 g/mol. The van der Waals surface area contributed by atoms with Gasteiger partial charge in [0.2, 0.25) is 0 Å². The van der Waals surface area contributed by atoms with Gasteiger partial charge in [0.05, 0.1) is 5.92 Å². The van der Waals surface area contributed by atoms with E-state index in [2.05, 4.69) is 10.5 Å². The number of hydrogen-bond donors (Lipinski definition) is 2. The Hall–Kier alpha value is -1.85. The quantitative estimate of drug-likeness (QED) is 0.881. The van der Waals surface area contributed by atoms with Gasteiger partial charge in [0, 0.05) is 18.0 Å². The minimum absolute atomic E-state index is 0.0253. The summed E-state index contributed by atoms with van der Waals surface area (Å²) in [7, 11) is 0. The maximum atomic E-state index is 12.0. The van der Waals surface area contributed by atoms with Gasteiger partial charge in [-0.05, 0) is 25.7 Å². The smallest absolute Gasteiger partial charge is 0.306 e. The Morgan fingerprint density at radius 2 is 2.00 bits per heavy atom. The molecule has 6 heteroatoms. The van der Waals surface area contributed by atoms with E-state index in [0.29, 0.717) is 31.4 Å². The predicted molar refractivity (Wildman–Crippen MR) is 71.4 cm³/mol. The van der Waals surface area contributed by atoms with Crippen molar-refractivity contribution in [3.05, 3.63) is 17.5 Å². The van der Waals surface area contributed by atoms with Gasteiger partial charge in [-0.1, -0.05) is 19.0 Å². The first kappa shape index (κ1) is 14.6. The van der Waals surface area contributed by atoms with Gasteiger partial charge in [-0.15, -0.1) is 0 Å². The zero-order chi connectivity index (χ0) is 14.7. The summed E-state index contributed by atoms with van der Waals surface area (Å²) in [5.41, 5.74) is 0.286. The van der Waals surface area contributed by atoms with Gasteiger partial charge in [-0.3, -0.25) is 9.59 Å². The highest BCUT2D eigenvalue weighted by molar-refractivity contribution is 5.92. The molecule has 0 unspecified atom stereocenters. The molecule has 0 bridgehead atoms. The second-order valence-corrected chi connectivity index (χ2v) is 5.63. The molecule has 0 atom stereocenters. The van der Waals surface area contributed by atoms with Crippen molar-refractivity contribution >= 4 is 11.9 Å². The number of amides is 1. The highest BCUT2D eigenvalue weighted by Gasteiger charge is 2.27. The first-order valence-corrected chi connectivity index (χ1v) is 6.97. The number of carbonyl (C=O) groups is 2. The van der Waals surface area contributed by atoms with Crippen LogP contribution in [0.25, 0.3) is 0 Å². The Bertz CT molecular complexity index is 487. The molecule has 2 N–H and O–H groups in total. The molecular weight excluding hydrogens is 260 g/mol. The zero-order valence-corrected chi connectivity index (χ0v) is 11.8. The van der Waals surface area contributed by atoms with Gasteiger partial charge >= 0.3 is 5.97 Å². The summed E-state index contributed by atoms with van der Waals surface area (Å²) in [5.74, 6) is -0.394. The SMILES string of the molecule is CC(C)c1cc(C(=O)NC2CCC(C(=O)O)CC2)no1. The summed E-state index contributed by atoms with van der Waals surface area (Å²) in [6.45, 7) is 3.94. The fraction of sp³-hybridized carbons (Fsp3) is 0.643. The molecule has 1 aliphatic rings. The molecule has 0 radical (unpaired) electrons. The largest absolute Gasteiger partial charge is 0.481 e. The van der Waals surface area contributed by atoms with Crippen LogP contribution in [0, 0.1) is 5.92 Å². The molecule has 1 aromatic heterocycles. The minimum Gasteiger partial charge on any atom is -0.481 e. The Balaban J connectivity index is 1.87. The van der Waals surface area contributed by atoms with Crippen molar-refractivity contribution in [3.63, 3.8) is 0 Å². The van der Waals surface area contributed by atoms with Crippen LogP contribution in [0.2, 0.25) is 0 Å².